The fourth-order valence-electron chi connectivity index (χ4n) is 1.21. The van der Waals surface area contributed by atoms with Gasteiger partial charge in [0, 0.05) is 11.8 Å². The van der Waals surface area contributed by atoms with Gasteiger partial charge in [0.05, 0.1) is 10.9 Å². The van der Waals surface area contributed by atoms with Gasteiger partial charge in [-0.3, -0.25) is 0 Å². The van der Waals surface area contributed by atoms with Crippen molar-refractivity contribution in [3.8, 4) is 0 Å². The van der Waals surface area contributed by atoms with Crippen LogP contribution in [0.2, 0.25) is 15.6 Å². The summed E-state index contributed by atoms with van der Waals surface area (Å²) in [5.74, 6) is 0. The molecule has 0 aromatic carbocycles. The zero-order valence-corrected chi connectivity index (χ0v) is 9.61. The van der Waals surface area contributed by atoms with Crippen molar-refractivity contribution >= 4 is 51.8 Å². The van der Waals surface area contributed by atoms with E-state index in [-0.39, 0.29) is 10.4 Å². The number of rotatable bonds is 1. The Kier molecular flexibility index (Phi) is 2.78. The van der Waals surface area contributed by atoms with Crippen LogP contribution in [0.1, 0.15) is 5.56 Å². The van der Waals surface area contributed by atoms with Gasteiger partial charge in [0.15, 0.2) is 0 Å². The van der Waals surface area contributed by atoms with Gasteiger partial charge in [0.25, 0.3) is 0 Å². The monoisotopic (exact) mass is 259 g/mol. The molecule has 0 spiro atoms. The highest BCUT2D eigenvalue weighted by Gasteiger charge is 2.10. The summed E-state index contributed by atoms with van der Waals surface area (Å²) < 4.78 is 0. The van der Waals surface area contributed by atoms with Crippen molar-refractivity contribution in [2.45, 2.75) is 0 Å². The second-order valence-corrected chi connectivity index (χ2v) is 3.77. The van der Waals surface area contributed by atoms with Crippen LogP contribution in [0.4, 0.5) is 0 Å². The predicted molar refractivity (Wildman–Crippen MR) is 62.5 cm³/mol. The highest BCUT2D eigenvalue weighted by molar-refractivity contribution is 6.37. The van der Waals surface area contributed by atoms with Gasteiger partial charge in [-0.05, 0) is 11.6 Å². The van der Waals surface area contributed by atoms with Crippen LogP contribution in [0.5, 0.6) is 0 Å². The number of fused-ring (bicyclic) bond motifs is 1. The molecule has 3 nitrogen and oxygen atoms in total. The fraction of sp³-hybridized carbons (Fsp3) is 0. The number of halogens is 3. The second kappa shape index (κ2) is 3.93. The molecule has 0 amide bonds. The number of hydrogen-bond acceptors (Lipinski definition) is 3. The molecule has 0 radical (unpaired) electrons. The first-order chi connectivity index (χ1) is 7.13. The van der Waals surface area contributed by atoms with E-state index >= 15 is 0 Å². The van der Waals surface area contributed by atoms with Gasteiger partial charge < -0.3 is 0 Å². The van der Waals surface area contributed by atoms with E-state index in [1.165, 1.54) is 6.20 Å². The first-order valence-corrected chi connectivity index (χ1v) is 5.06. The maximum absolute atomic E-state index is 5.89. The van der Waals surface area contributed by atoms with Crippen LogP contribution < -0.4 is 0 Å². The minimum absolute atomic E-state index is 0.0675. The maximum Gasteiger partial charge on any atom is 0.224 e. The lowest BCUT2D eigenvalue weighted by atomic mass is 10.2. The van der Waals surface area contributed by atoms with Crippen LogP contribution in [0.15, 0.2) is 12.8 Å². The number of hydrogen-bond donors (Lipinski definition) is 0. The van der Waals surface area contributed by atoms with Crippen molar-refractivity contribution in [3.63, 3.8) is 0 Å². The largest absolute Gasteiger partial charge is 0.243 e. The second-order valence-electron chi connectivity index (χ2n) is 2.71. The summed E-state index contributed by atoms with van der Waals surface area (Å²) in [6.45, 7) is 3.63. The van der Waals surface area contributed by atoms with Gasteiger partial charge in [-0.2, -0.15) is 0 Å². The zero-order valence-electron chi connectivity index (χ0n) is 7.34. The highest BCUT2D eigenvalue weighted by atomic mass is 35.5. The molecule has 0 aliphatic heterocycles. The van der Waals surface area contributed by atoms with E-state index in [4.69, 9.17) is 34.8 Å². The molecule has 0 atom stereocenters. The standard InChI is InChI=1S/C9H4Cl3N3/c1-2-4-6-5(3-13-7(4)10)8(11)15-9(12)14-6/h2-3H,1H2. The average molecular weight is 261 g/mol. The van der Waals surface area contributed by atoms with E-state index < -0.39 is 0 Å². The van der Waals surface area contributed by atoms with Gasteiger partial charge in [-0.25, -0.2) is 15.0 Å². The molecular formula is C9H4Cl3N3. The van der Waals surface area contributed by atoms with Crippen molar-refractivity contribution in [2.75, 3.05) is 0 Å². The Hall–Kier alpha value is -0.900. The minimum atomic E-state index is 0.0675. The molecule has 2 aromatic rings. The molecule has 0 saturated heterocycles. The first kappa shape index (κ1) is 10.6. The molecule has 0 aliphatic carbocycles. The predicted octanol–water partition coefficient (Wildman–Crippen LogP) is 3.63. The van der Waals surface area contributed by atoms with Crippen molar-refractivity contribution in [3.05, 3.63) is 33.9 Å². The summed E-state index contributed by atoms with van der Waals surface area (Å²) in [6.07, 6.45) is 3.06. The van der Waals surface area contributed by atoms with Crippen molar-refractivity contribution in [2.24, 2.45) is 0 Å². The van der Waals surface area contributed by atoms with Crippen molar-refractivity contribution in [1.29, 1.82) is 0 Å². The summed E-state index contributed by atoms with van der Waals surface area (Å²) in [5, 5.41) is 1.22. The Bertz CT molecular complexity index is 554. The molecule has 76 valence electrons. The molecule has 6 heteroatoms. The SMILES string of the molecule is C=Cc1c(Cl)ncc2c(Cl)nc(Cl)nc12. The molecule has 2 rings (SSSR count). The van der Waals surface area contributed by atoms with Crippen LogP contribution in [-0.4, -0.2) is 15.0 Å². The minimum Gasteiger partial charge on any atom is -0.243 e. The average Bonchev–Trinajstić information content (AvgIpc) is 2.17. The highest BCUT2D eigenvalue weighted by Crippen LogP contribution is 2.28. The molecule has 2 heterocycles. The zero-order chi connectivity index (χ0) is 11.0. The lowest BCUT2D eigenvalue weighted by molar-refractivity contribution is 1.20. The topological polar surface area (TPSA) is 38.7 Å². The van der Waals surface area contributed by atoms with Gasteiger partial charge in [0.2, 0.25) is 5.28 Å². The lowest BCUT2D eigenvalue weighted by Gasteiger charge is -2.04. The maximum atomic E-state index is 5.89. The van der Waals surface area contributed by atoms with E-state index in [0.717, 1.165) is 0 Å². The van der Waals surface area contributed by atoms with Crippen LogP contribution >= 0.6 is 34.8 Å². The molecule has 0 bridgehead atoms. The number of aromatic nitrogens is 3. The van der Waals surface area contributed by atoms with Crippen LogP contribution in [0.25, 0.3) is 17.0 Å². The molecule has 0 saturated carbocycles. The van der Waals surface area contributed by atoms with Crippen molar-refractivity contribution < 1.29 is 0 Å². The third-order valence-corrected chi connectivity index (χ3v) is 2.62. The molecule has 0 unspecified atom stereocenters. The Morgan fingerprint density at radius 1 is 1.13 bits per heavy atom. The van der Waals surface area contributed by atoms with Gasteiger partial charge in [-0.1, -0.05) is 35.9 Å². The van der Waals surface area contributed by atoms with E-state index in [1.54, 1.807) is 6.08 Å². The van der Waals surface area contributed by atoms with Crippen LogP contribution in [0, 0.1) is 0 Å². The molecule has 0 N–H and O–H groups in total. The number of pyridine rings is 1. The quantitative estimate of drug-likeness (QED) is 0.446. The summed E-state index contributed by atoms with van der Waals surface area (Å²) >= 11 is 17.5. The number of nitrogens with zero attached hydrogens (tertiary/aromatic N) is 3. The summed E-state index contributed by atoms with van der Waals surface area (Å²) in [4.78, 5) is 11.8. The fourth-order valence-corrected chi connectivity index (χ4v) is 1.85. The Labute approximate surface area is 101 Å². The first-order valence-electron chi connectivity index (χ1n) is 3.93. The van der Waals surface area contributed by atoms with Gasteiger partial charge >= 0.3 is 0 Å². The summed E-state index contributed by atoms with van der Waals surface area (Å²) in [6, 6.07) is 0. The third kappa shape index (κ3) is 1.78. The Balaban J connectivity index is 2.97. The van der Waals surface area contributed by atoms with Crippen LogP contribution in [-0.2, 0) is 0 Å². The Morgan fingerprint density at radius 2 is 1.87 bits per heavy atom. The molecular weight excluding hydrogens is 256 g/mol. The third-order valence-electron chi connectivity index (χ3n) is 1.86. The molecule has 0 fully saturated rings. The van der Waals surface area contributed by atoms with Crippen LogP contribution in [0.3, 0.4) is 0 Å². The van der Waals surface area contributed by atoms with E-state index in [0.29, 0.717) is 21.6 Å². The Morgan fingerprint density at radius 3 is 2.53 bits per heavy atom. The molecule has 2 aromatic heterocycles. The summed E-state index contributed by atoms with van der Waals surface area (Å²) in [7, 11) is 0. The molecule has 0 aliphatic rings. The van der Waals surface area contributed by atoms with Gasteiger partial charge in [0.1, 0.15) is 10.3 Å². The molecule has 15 heavy (non-hydrogen) atoms. The summed E-state index contributed by atoms with van der Waals surface area (Å²) in [5.41, 5.74) is 1.15. The smallest absolute Gasteiger partial charge is 0.224 e. The normalized spacial score (nSPS) is 10.6. The van der Waals surface area contributed by atoms with Gasteiger partial charge in [-0.15, -0.1) is 0 Å². The van der Waals surface area contributed by atoms with Crippen molar-refractivity contribution in [1.82, 2.24) is 15.0 Å². The lowest BCUT2D eigenvalue weighted by Crippen LogP contribution is -1.92. The van der Waals surface area contributed by atoms with E-state index in [9.17, 15) is 0 Å². The van der Waals surface area contributed by atoms with E-state index in [1.807, 2.05) is 0 Å². The van der Waals surface area contributed by atoms with E-state index in [2.05, 4.69) is 21.5 Å².